The van der Waals surface area contributed by atoms with Crippen molar-refractivity contribution in [3.8, 4) is 0 Å². The van der Waals surface area contributed by atoms with Crippen LogP contribution in [0.5, 0.6) is 0 Å². The lowest BCUT2D eigenvalue weighted by molar-refractivity contribution is 0.560. The molecule has 2 heterocycles. The number of benzene rings is 3. The predicted molar refractivity (Wildman–Crippen MR) is 133 cm³/mol. The van der Waals surface area contributed by atoms with Crippen LogP contribution in [-0.4, -0.2) is 12.4 Å². The molecule has 5 rings (SSSR count). The van der Waals surface area contributed by atoms with E-state index < -0.39 is 0 Å². The summed E-state index contributed by atoms with van der Waals surface area (Å²) in [4.78, 5) is 11.2. The van der Waals surface area contributed by atoms with E-state index in [4.69, 9.17) is 8.83 Å². The molecule has 0 radical (unpaired) electrons. The second-order valence-electron chi connectivity index (χ2n) is 7.25. The van der Waals surface area contributed by atoms with Crippen LogP contribution >= 0.6 is 0 Å². The number of hydrogen-bond acceptors (Lipinski definition) is 5. The molecule has 0 atom stereocenters. The third kappa shape index (κ3) is 4.99. The number of furan rings is 2. The van der Waals surface area contributed by atoms with Gasteiger partial charge in [-0.3, -0.25) is 9.98 Å². The van der Waals surface area contributed by atoms with Crippen LogP contribution in [0.4, 0.5) is 28.4 Å². The fraction of sp³-hybridized carbons (Fsp3) is 0. The molecule has 0 amide bonds. The molecule has 0 aliphatic rings. The molecule has 0 saturated carbocycles. The van der Waals surface area contributed by atoms with Crippen LogP contribution in [-0.2, 0) is 0 Å². The summed E-state index contributed by atoms with van der Waals surface area (Å²) in [7, 11) is 0. The highest BCUT2D eigenvalue weighted by molar-refractivity contribution is 5.81. The lowest BCUT2D eigenvalue weighted by Gasteiger charge is -2.25. The van der Waals surface area contributed by atoms with Crippen LogP contribution in [0, 0.1) is 0 Å². The first kappa shape index (κ1) is 20.3. The van der Waals surface area contributed by atoms with Gasteiger partial charge in [-0.25, -0.2) is 0 Å². The van der Waals surface area contributed by atoms with Gasteiger partial charge in [0, 0.05) is 17.1 Å². The number of rotatable bonds is 7. The number of para-hydroxylation sites is 1. The Morgan fingerprint density at radius 2 is 0.939 bits per heavy atom. The second-order valence-corrected chi connectivity index (χ2v) is 7.25. The topological polar surface area (TPSA) is 54.2 Å². The van der Waals surface area contributed by atoms with Crippen LogP contribution in [0.3, 0.4) is 0 Å². The lowest BCUT2D eigenvalue weighted by atomic mass is 10.1. The van der Waals surface area contributed by atoms with Gasteiger partial charge >= 0.3 is 0 Å². The van der Waals surface area contributed by atoms with Gasteiger partial charge in [-0.05, 0) is 84.9 Å². The van der Waals surface area contributed by atoms with Crippen molar-refractivity contribution >= 4 is 40.9 Å². The number of anilines is 3. The molecule has 0 spiro atoms. The van der Waals surface area contributed by atoms with Gasteiger partial charge in [0.25, 0.3) is 0 Å². The maximum Gasteiger partial charge on any atom is 0.144 e. The lowest BCUT2D eigenvalue weighted by Crippen LogP contribution is -2.09. The van der Waals surface area contributed by atoms with Crippen molar-refractivity contribution in [1.29, 1.82) is 0 Å². The van der Waals surface area contributed by atoms with Gasteiger partial charge in [-0.15, -0.1) is 0 Å². The van der Waals surface area contributed by atoms with Gasteiger partial charge in [0.05, 0.1) is 36.3 Å². The Hall–Kier alpha value is -4.64. The average Bonchev–Trinajstić information content (AvgIpc) is 3.59. The Kier molecular flexibility index (Phi) is 5.94. The van der Waals surface area contributed by atoms with E-state index in [0.717, 1.165) is 40.0 Å². The molecule has 5 heteroatoms. The van der Waals surface area contributed by atoms with Gasteiger partial charge in [0.2, 0.25) is 0 Å². The van der Waals surface area contributed by atoms with Crippen molar-refractivity contribution in [2.24, 2.45) is 9.98 Å². The number of nitrogens with zero attached hydrogens (tertiary/aromatic N) is 3. The minimum Gasteiger partial charge on any atom is -0.463 e. The highest BCUT2D eigenvalue weighted by Gasteiger charge is 2.12. The van der Waals surface area contributed by atoms with Gasteiger partial charge < -0.3 is 13.7 Å². The zero-order valence-corrected chi connectivity index (χ0v) is 17.8. The number of hydrogen-bond donors (Lipinski definition) is 0. The fourth-order valence-electron chi connectivity index (χ4n) is 3.41. The van der Waals surface area contributed by atoms with Crippen molar-refractivity contribution in [3.63, 3.8) is 0 Å². The van der Waals surface area contributed by atoms with Crippen molar-refractivity contribution in [1.82, 2.24) is 0 Å². The maximum absolute atomic E-state index is 5.31. The number of aliphatic imine (C=N–C) groups is 2. The van der Waals surface area contributed by atoms with Crippen molar-refractivity contribution in [3.05, 3.63) is 127 Å². The first-order valence-electron chi connectivity index (χ1n) is 10.6. The third-order valence-corrected chi connectivity index (χ3v) is 5.00. The van der Waals surface area contributed by atoms with Crippen LogP contribution < -0.4 is 4.90 Å². The van der Waals surface area contributed by atoms with Gasteiger partial charge in [0.1, 0.15) is 11.5 Å². The highest BCUT2D eigenvalue weighted by atomic mass is 16.3. The molecule has 5 nitrogen and oxygen atoms in total. The predicted octanol–water partition coefficient (Wildman–Crippen LogP) is 7.84. The molecule has 0 fully saturated rings. The third-order valence-electron chi connectivity index (χ3n) is 5.00. The summed E-state index contributed by atoms with van der Waals surface area (Å²) >= 11 is 0. The molecular weight excluding hydrogens is 410 g/mol. The first-order valence-corrected chi connectivity index (χ1v) is 10.6. The molecule has 5 aromatic rings. The molecule has 0 aliphatic heterocycles. The Balaban J connectivity index is 1.42. The first-order chi connectivity index (χ1) is 16.3. The zero-order valence-electron chi connectivity index (χ0n) is 17.8. The summed E-state index contributed by atoms with van der Waals surface area (Å²) in [6.07, 6.45) is 6.70. The smallest absolute Gasteiger partial charge is 0.144 e. The van der Waals surface area contributed by atoms with Crippen LogP contribution in [0.15, 0.2) is 134 Å². The fourth-order valence-corrected chi connectivity index (χ4v) is 3.41. The molecule has 0 aliphatic carbocycles. The summed E-state index contributed by atoms with van der Waals surface area (Å²) in [6.45, 7) is 0. The summed E-state index contributed by atoms with van der Waals surface area (Å²) in [5.41, 5.74) is 4.84. The molecule has 0 saturated heterocycles. The van der Waals surface area contributed by atoms with E-state index in [-0.39, 0.29) is 0 Å². The zero-order chi connectivity index (χ0) is 22.3. The molecule has 3 aromatic carbocycles. The Bertz CT molecular complexity index is 1230. The van der Waals surface area contributed by atoms with Crippen molar-refractivity contribution in [2.75, 3.05) is 4.90 Å². The van der Waals surface area contributed by atoms with Crippen LogP contribution in [0.25, 0.3) is 0 Å². The second kappa shape index (κ2) is 9.66. The SMILES string of the molecule is C(=Nc1ccc(N(c2ccccc2)c2ccc(N=Cc3ccco3)cc2)cc1)c1ccco1. The Morgan fingerprint density at radius 3 is 1.36 bits per heavy atom. The molecule has 2 aromatic heterocycles. The largest absolute Gasteiger partial charge is 0.463 e. The summed E-state index contributed by atoms with van der Waals surface area (Å²) < 4.78 is 10.6. The monoisotopic (exact) mass is 431 g/mol. The van der Waals surface area contributed by atoms with Crippen LogP contribution in [0.2, 0.25) is 0 Å². The highest BCUT2D eigenvalue weighted by Crippen LogP contribution is 2.35. The molecule has 160 valence electrons. The van der Waals surface area contributed by atoms with E-state index >= 15 is 0 Å². The molecule has 0 N–H and O–H groups in total. The minimum atomic E-state index is 0.722. The molecule has 0 bridgehead atoms. The minimum absolute atomic E-state index is 0.722. The normalized spacial score (nSPS) is 11.4. The summed E-state index contributed by atoms with van der Waals surface area (Å²) in [5.74, 6) is 1.44. The Morgan fingerprint density at radius 1 is 0.485 bits per heavy atom. The van der Waals surface area contributed by atoms with E-state index in [1.807, 2.05) is 66.7 Å². The summed E-state index contributed by atoms with van der Waals surface area (Å²) in [6, 6.07) is 33.9. The van der Waals surface area contributed by atoms with Crippen LogP contribution in [0.1, 0.15) is 11.5 Å². The van der Waals surface area contributed by atoms with Gasteiger partial charge in [-0.2, -0.15) is 0 Å². The van der Waals surface area contributed by atoms with E-state index in [2.05, 4.69) is 51.3 Å². The standard InChI is InChI=1S/C28H21N3O2/c1-2-6-24(7-3-1)31(25-14-10-22(11-15-25)29-20-27-8-4-18-32-27)26-16-12-23(13-17-26)30-21-28-9-5-19-33-28/h1-21H. The quantitative estimate of drug-likeness (QED) is 0.247. The Labute approximate surface area is 192 Å². The van der Waals surface area contributed by atoms with E-state index in [1.54, 1.807) is 25.0 Å². The van der Waals surface area contributed by atoms with Gasteiger partial charge in [0.15, 0.2) is 0 Å². The van der Waals surface area contributed by atoms with E-state index in [9.17, 15) is 0 Å². The maximum atomic E-state index is 5.31. The molecule has 0 unspecified atom stereocenters. The summed E-state index contributed by atoms with van der Waals surface area (Å²) in [5, 5.41) is 0. The van der Waals surface area contributed by atoms with E-state index in [0.29, 0.717) is 0 Å². The van der Waals surface area contributed by atoms with E-state index in [1.165, 1.54) is 0 Å². The van der Waals surface area contributed by atoms with Crippen molar-refractivity contribution < 1.29 is 8.83 Å². The molecule has 33 heavy (non-hydrogen) atoms. The average molecular weight is 431 g/mol. The van der Waals surface area contributed by atoms with Gasteiger partial charge in [-0.1, -0.05) is 18.2 Å². The van der Waals surface area contributed by atoms with Crippen molar-refractivity contribution in [2.45, 2.75) is 0 Å². The molecular formula is C28H21N3O2.